The van der Waals surface area contributed by atoms with Crippen LogP contribution >= 0.6 is 0 Å². The Kier molecular flexibility index (Phi) is 3.32. The summed E-state index contributed by atoms with van der Waals surface area (Å²) in [5.41, 5.74) is 2.47. The van der Waals surface area contributed by atoms with Crippen LogP contribution in [0.4, 0.5) is 0 Å². The van der Waals surface area contributed by atoms with Gasteiger partial charge in [-0.15, -0.1) is 0 Å². The van der Waals surface area contributed by atoms with Crippen molar-refractivity contribution in [2.75, 3.05) is 19.8 Å². The van der Waals surface area contributed by atoms with Crippen molar-refractivity contribution in [1.29, 1.82) is 0 Å². The maximum absolute atomic E-state index is 12.4. The molecule has 0 saturated carbocycles. The molecule has 110 valence electrons. The molecule has 1 unspecified atom stereocenters. The number of aromatic nitrogens is 2. The van der Waals surface area contributed by atoms with Crippen LogP contribution in [-0.2, 0) is 28.0 Å². The van der Waals surface area contributed by atoms with Crippen LogP contribution in [0.5, 0.6) is 0 Å². The number of carbonyl (C=O) groups excluding carboxylic acids is 1. The second-order valence-corrected chi connectivity index (χ2v) is 6.77. The van der Waals surface area contributed by atoms with Gasteiger partial charge in [0.2, 0.25) is 5.91 Å². The zero-order valence-electron chi connectivity index (χ0n) is 12.6. The van der Waals surface area contributed by atoms with Crippen molar-refractivity contribution in [2.45, 2.75) is 45.7 Å². The second kappa shape index (κ2) is 4.88. The third kappa shape index (κ3) is 2.35. The van der Waals surface area contributed by atoms with Gasteiger partial charge in [-0.2, -0.15) is 5.10 Å². The fraction of sp³-hybridized carbons (Fsp3) is 0.733. The highest BCUT2D eigenvalue weighted by Crippen LogP contribution is 2.26. The van der Waals surface area contributed by atoms with E-state index >= 15 is 0 Å². The third-order valence-electron chi connectivity index (χ3n) is 4.16. The number of carbonyl (C=O) groups is 1. The Bertz CT molecular complexity index is 510. The number of nitrogens with zero attached hydrogens (tertiary/aromatic N) is 3. The van der Waals surface area contributed by atoms with E-state index in [4.69, 9.17) is 4.74 Å². The maximum atomic E-state index is 12.4. The highest BCUT2D eigenvalue weighted by atomic mass is 16.5. The maximum Gasteiger partial charge on any atom is 0.228 e. The van der Waals surface area contributed by atoms with E-state index in [-0.39, 0.29) is 17.4 Å². The number of hydrogen-bond donors (Lipinski definition) is 0. The van der Waals surface area contributed by atoms with Crippen LogP contribution in [0.2, 0.25) is 0 Å². The van der Waals surface area contributed by atoms with Crippen molar-refractivity contribution in [2.24, 2.45) is 5.92 Å². The number of rotatable bonds is 1. The number of fused-ring (bicyclic) bond motifs is 1. The smallest absolute Gasteiger partial charge is 0.228 e. The van der Waals surface area contributed by atoms with Gasteiger partial charge in [0.1, 0.15) is 0 Å². The molecule has 3 heterocycles. The summed E-state index contributed by atoms with van der Waals surface area (Å²) >= 11 is 0. The summed E-state index contributed by atoms with van der Waals surface area (Å²) in [6.07, 6.45) is 3.68. The van der Waals surface area contributed by atoms with Crippen LogP contribution in [0.25, 0.3) is 0 Å². The average molecular weight is 277 g/mol. The molecule has 20 heavy (non-hydrogen) atoms. The van der Waals surface area contributed by atoms with Crippen molar-refractivity contribution < 1.29 is 9.53 Å². The summed E-state index contributed by atoms with van der Waals surface area (Å²) in [4.78, 5) is 14.4. The lowest BCUT2D eigenvalue weighted by Gasteiger charge is -2.31. The molecule has 0 N–H and O–H groups in total. The molecule has 1 aromatic heterocycles. The Labute approximate surface area is 119 Å². The SMILES string of the molecule is CC(C)(C)n1ncc2c1CCN(C(=O)C1CCOC1)C2. The van der Waals surface area contributed by atoms with Crippen molar-refractivity contribution in [3.05, 3.63) is 17.5 Å². The van der Waals surface area contributed by atoms with Crippen LogP contribution < -0.4 is 0 Å². The lowest BCUT2D eigenvalue weighted by molar-refractivity contribution is -0.136. The van der Waals surface area contributed by atoms with E-state index in [0.717, 1.165) is 26.0 Å². The molecule has 0 bridgehead atoms. The molecule has 0 radical (unpaired) electrons. The van der Waals surface area contributed by atoms with Crippen LogP contribution in [0, 0.1) is 5.92 Å². The zero-order chi connectivity index (χ0) is 14.3. The van der Waals surface area contributed by atoms with Gasteiger partial charge in [0.25, 0.3) is 0 Å². The van der Waals surface area contributed by atoms with Crippen LogP contribution in [0.1, 0.15) is 38.4 Å². The van der Waals surface area contributed by atoms with Crippen LogP contribution in [-0.4, -0.2) is 40.3 Å². The van der Waals surface area contributed by atoms with E-state index in [1.54, 1.807) is 0 Å². The van der Waals surface area contributed by atoms with E-state index in [1.807, 2.05) is 11.1 Å². The predicted octanol–water partition coefficient (Wildman–Crippen LogP) is 1.56. The van der Waals surface area contributed by atoms with Gasteiger partial charge in [0.15, 0.2) is 0 Å². The second-order valence-electron chi connectivity index (χ2n) is 6.77. The molecule has 1 aromatic rings. The molecule has 0 aliphatic carbocycles. The molecule has 5 nitrogen and oxygen atoms in total. The number of hydrogen-bond acceptors (Lipinski definition) is 3. The van der Waals surface area contributed by atoms with Crippen molar-refractivity contribution in [1.82, 2.24) is 14.7 Å². The Balaban J connectivity index is 1.76. The fourth-order valence-electron chi connectivity index (χ4n) is 3.09. The summed E-state index contributed by atoms with van der Waals surface area (Å²) in [6.45, 7) is 9.28. The first-order chi connectivity index (χ1) is 9.47. The van der Waals surface area contributed by atoms with Crippen molar-refractivity contribution >= 4 is 5.91 Å². The number of ether oxygens (including phenoxy) is 1. The first-order valence-electron chi connectivity index (χ1n) is 7.39. The van der Waals surface area contributed by atoms with E-state index in [2.05, 4.69) is 30.6 Å². The average Bonchev–Trinajstić information content (AvgIpc) is 3.05. The molecule has 2 aliphatic heterocycles. The monoisotopic (exact) mass is 277 g/mol. The molecule has 0 aromatic carbocycles. The highest BCUT2D eigenvalue weighted by Gasteiger charge is 2.32. The molecule has 1 atom stereocenters. The molecule has 3 rings (SSSR count). The molecular formula is C15H23N3O2. The summed E-state index contributed by atoms with van der Waals surface area (Å²) < 4.78 is 7.42. The molecule has 1 saturated heterocycles. The van der Waals surface area contributed by atoms with Gasteiger partial charge in [-0.05, 0) is 27.2 Å². The van der Waals surface area contributed by atoms with E-state index in [9.17, 15) is 4.79 Å². The third-order valence-corrected chi connectivity index (χ3v) is 4.16. The summed E-state index contributed by atoms with van der Waals surface area (Å²) in [6, 6.07) is 0. The number of amides is 1. The summed E-state index contributed by atoms with van der Waals surface area (Å²) in [7, 11) is 0. The van der Waals surface area contributed by atoms with Gasteiger partial charge in [-0.1, -0.05) is 0 Å². The van der Waals surface area contributed by atoms with Crippen LogP contribution in [0.3, 0.4) is 0 Å². The quantitative estimate of drug-likeness (QED) is 0.782. The molecule has 5 heteroatoms. The molecule has 2 aliphatic rings. The van der Waals surface area contributed by atoms with Gasteiger partial charge in [-0.25, -0.2) is 0 Å². The molecule has 1 fully saturated rings. The minimum absolute atomic E-state index is 0.000938. The standard InChI is InChI=1S/C15H23N3O2/c1-15(2,3)18-13-4-6-17(9-12(13)8-16-18)14(19)11-5-7-20-10-11/h8,11H,4-7,9-10H2,1-3H3. The first kappa shape index (κ1) is 13.6. The van der Waals surface area contributed by atoms with Gasteiger partial charge in [-0.3, -0.25) is 9.48 Å². The Morgan fingerprint density at radius 3 is 2.90 bits per heavy atom. The van der Waals surface area contributed by atoms with E-state index in [0.29, 0.717) is 13.2 Å². The summed E-state index contributed by atoms with van der Waals surface area (Å²) in [5.74, 6) is 0.311. The fourth-order valence-corrected chi connectivity index (χ4v) is 3.09. The summed E-state index contributed by atoms with van der Waals surface area (Å²) in [5, 5.41) is 4.51. The minimum Gasteiger partial charge on any atom is -0.381 e. The largest absolute Gasteiger partial charge is 0.381 e. The Hall–Kier alpha value is -1.36. The zero-order valence-corrected chi connectivity index (χ0v) is 12.6. The van der Waals surface area contributed by atoms with Gasteiger partial charge in [0, 0.05) is 37.4 Å². The highest BCUT2D eigenvalue weighted by molar-refractivity contribution is 5.79. The molecular weight excluding hydrogens is 254 g/mol. The van der Waals surface area contributed by atoms with Gasteiger partial charge in [0.05, 0.1) is 24.3 Å². The van der Waals surface area contributed by atoms with Gasteiger partial charge < -0.3 is 9.64 Å². The molecule has 0 spiro atoms. The molecule has 1 amide bonds. The normalized spacial score (nSPS) is 22.9. The van der Waals surface area contributed by atoms with Crippen molar-refractivity contribution in [3.8, 4) is 0 Å². The lowest BCUT2D eigenvalue weighted by Crippen LogP contribution is -2.41. The topological polar surface area (TPSA) is 47.4 Å². The van der Waals surface area contributed by atoms with Gasteiger partial charge >= 0.3 is 0 Å². The van der Waals surface area contributed by atoms with Crippen molar-refractivity contribution in [3.63, 3.8) is 0 Å². The lowest BCUT2D eigenvalue weighted by atomic mass is 10.0. The minimum atomic E-state index is -0.000938. The Morgan fingerprint density at radius 2 is 2.25 bits per heavy atom. The first-order valence-corrected chi connectivity index (χ1v) is 7.39. The Morgan fingerprint density at radius 1 is 1.45 bits per heavy atom. The van der Waals surface area contributed by atoms with Crippen LogP contribution in [0.15, 0.2) is 6.20 Å². The predicted molar refractivity (Wildman–Crippen MR) is 75.3 cm³/mol. The van der Waals surface area contributed by atoms with E-state index in [1.165, 1.54) is 11.3 Å². The van der Waals surface area contributed by atoms with E-state index < -0.39 is 0 Å².